The van der Waals surface area contributed by atoms with Crippen LogP contribution in [0.5, 0.6) is 5.75 Å². The van der Waals surface area contributed by atoms with Gasteiger partial charge in [0.1, 0.15) is 11.3 Å². The Morgan fingerprint density at radius 2 is 1.81 bits per heavy atom. The van der Waals surface area contributed by atoms with E-state index < -0.39 is 21.6 Å². The number of carbonyl (C=O) groups excluding carboxylic acids is 1. The minimum Gasteiger partial charge on any atom is -0.484 e. The monoisotopic (exact) mass is 444 g/mol. The minimum atomic E-state index is -3.53. The summed E-state index contributed by atoms with van der Waals surface area (Å²) < 4.78 is 36.1. The Hall–Kier alpha value is -3.17. The molecule has 0 aliphatic carbocycles. The van der Waals surface area contributed by atoms with E-state index in [1.54, 1.807) is 18.2 Å². The topological polar surface area (TPSA) is 106 Å². The highest BCUT2D eigenvalue weighted by atomic mass is 32.2. The summed E-state index contributed by atoms with van der Waals surface area (Å²) in [5.74, 6) is -0.0172. The number of amides is 1. The molecule has 3 rings (SSSR count). The van der Waals surface area contributed by atoms with Crippen LogP contribution in [0.2, 0.25) is 0 Å². The molecule has 8 nitrogen and oxygen atoms in total. The van der Waals surface area contributed by atoms with Crippen LogP contribution in [0.15, 0.2) is 62.6 Å². The van der Waals surface area contributed by atoms with Gasteiger partial charge in [-0.05, 0) is 48.4 Å². The van der Waals surface area contributed by atoms with Gasteiger partial charge in [-0.1, -0.05) is 13.3 Å². The van der Waals surface area contributed by atoms with E-state index in [0.717, 1.165) is 28.1 Å². The zero-order valence-corrected chi connectivity index (χ0v) is 18.4. The SMILES string of the molecule is CCCc1cc(=O)oc2cc(OCC(=O)Nc3ccc(S(=O)(=O)N(C)C)cc3)ccc12. The molecular formula is C22H24N2O6S. The smallest absolute Gasteiger partial charge is 0.336 e. The molecule has 31 heavy (non-hydrogen) atoms. The van der Waals surface area contributed by atoms with E-state index in [2.05, 4.69) is 5.32 Å². The molecule has 0 unspecified atom stereocenters. The number of fused-ring (bicyclic) bond motifs is 1. The van der Waals surface area contributed by atoms with E-state index in [-0.39, 0.29) is 11.5 Å². The fourth-order valence-corrected chi connectivity index (χ4v) is 3.94. The fraction of sp³-hybridized carbons (Fsp3) is 0.273. The molecule has 2 aromatic carbocycles. The molecule has 0 saturated carbocycles. The molecule has 0 bridgehead atoms. The second kappa shape index (κ2) is 9.32. The predicted molar refractivity (Wildman–Crippen MR) is 118 cm³/mol. The fourth-order valence-electron chi connectivity index (χ4n) is 3.04. The van der Waals surface area contributed by atoms with Crippen molar-refractivity contribution in [1.29, 1.82) is 0 Å². The third-order valence-corrected chi connectivity index (χ3v) is 6.44. The summed E-state index contributed by atoms with van der Waals surface area (Å²) in [6.07, 6.45) is 1.67. The third kappa shape index (κ3) is 5.31. The summed E-state index contributed by atoms with van der Waals surface area (Å²) in [6.45, 7) is 1.77. The van der Waals surface area contributed by atoms with Gasteiger partial charge in [-0.2, -0.15) is 0 Å². The van der Waals surface area contributed by atoms with Crippen LogP contribution in [0.25, 0.3) is 11.0 Å². The Balaban J connectivity index is 1.65. The van der Waals surface area contributed by atoms with Gasteiger partial charge in [0, 0.05) is 37.3 Å². The Kier molecular flexibility index (Phi) is 6.77. The average molecular weight is 445 g/mol. The van der Waals surface area contributed by atoms with Crippen molar-refractivity contribution in [3.63, 3.8) is 0 Å². The largest absolute Gasteiger partial charge is 0.484 e. The van der Waals surface area contributed by atoms with Crippen LogP contribution in [0.4, 0.5) is 5.69 Å². The first-order valence-electron chi connectivity index (χ1n) is 9.72. The van der Waals surface area contributed by atoms with E-state index in [1.807, 2.05) is 6.92 Å². The van der Waals surface area contributed by atoms with Gasteiger partial charge in [0.25, 0.3) is 5.91 Å². The molecule has 164 valence electrons. The standard InChI is InChI=1S/C22H24N2O6S/c1-4-5-15-12-22(26)30-20-13-17(8-11-19(15)20)29-14-21(25)23-16-6-9-18(10-7-16)31(27,28)24(2)3/h6-13H,4-5,14H2,1-3H3,(H,23,25). The van der Waals surface area contributed by atoms with Crippen molar-refractivity contribution < 1.29 is 22.4 Å². The predicted octanol–water partition coefficient (Wildman–Crippen LogP) is 3.01. The summed E-state index contributed by atoms with van der Waals surface area (Å²) in [6, 6.07) is 12.5. The highest BCUT2D eigenvalue weighted by Crippen LogP contribution is 2.23. The number of hydrogen-bond donors (Lipinski definition) is 1. The molecule has 0 saturated heterocycles. The van der Waals surface area contributed by atoms with Crippen molar-refractivity contribution in [3.05, 3.63) is 64.5 Å². The zero-order valence-electron chi connectivity index (χ0n) is 17.5. The Bertz CT molecular complexity index is 1250. The van der Waals surface area contributed by atoms with Crippen LogP contribution in [-0.4, -0.2) is 39.3 Å². The number of rotatable bonds is 8. The van der Waals surface area contributed by atoms with Crippen molar-refractivity contribution in [2.45, 2.75) is 24.7 Å². The van der Waals surface area contributed by atoms with Crippen molar-refractivity contribution in [3.8, 4) is 5.75 Å². The molecule has 1 aromatic heterocycles. The number of ether oxygens (including phenoxy) is 1. The third-order valence-electron chi connectivity index (χ3n) is 4.61. The first-order chi connectivity index (χ1) is 14.7. The molecule has 1 N–H and O–H groups in total. The van der Waals surface area contributed by atoms with E-state index in [9.17, 15) is 18.0 Å². The molecule has 0 atom stereocenters. The molecule has 0 aliphatic rings. The van der Waals surface area contributed by atoms with Crippen LogP contribution >= 0.6 is 0 Å². The van der Waals surface area contributed by atoms with Crippen molar-refractivity contribution in [1.82, 2.24) is 4.31 Å². The maximum absolute atomic E-state index is 12.2. The number of nitrogens with zero attached hydrogens (tertiary/aromatic N) is 1. The Morgan fingerprint density at radius 3 is 2.45 bits per heavy atom. The molecule has 1 amide bonds. The minimum absolute atomic E-state index is 0.131. The average Bonchev–Trinajstić information content (AvgIpc) is 2.72. The number of sulfonamides is 1. The van der Waals surface area contributed by atoms with Crippen LogP contribution < -0.4 is 15.7 Å². The van der Waals surface area contributed by atoms with Crippen molar-refractivity contribution in [2.75, 3.05) is 26.0 Å². The Morgan fingerprint density at radius 1 is 1.10 bits per heavy atom. The lowest BCUT2D eigenvalue weighted by Gasteiger charge is -2.12. The lowest BCUT2D eigenvalue weighted by molar-refractivity contribution is -0.118. The number of anilines is 1. The highest BCUT2D eigenvalue weighted by Gasteiger charge is 2.17. The molecule has 0 aliphatic heterocycles. The maximum Gasteiger partial charge on any atom is 0.336 e. The second-order valence-corrected chi connectivity index (χ2v) is 9.30. The lowest BCUT2D eigenvalue weighted by Crippen LogP contribution is -2.22. The molecule has 1 heterocycles. The van der Waals surface area contributed by atoms with Gasteiger partial charge in [0.15, 0.2) is 6.61 Å². The number of hydrogen-bond acceptors (Lipinski definition) is 6. The normalized spacial score (nSPS) is 11.6. The quantitative estimate of drug-likeness (QED) is 0.536. The summed E-state index contributed by atoms with van der Waals surface area (Å²) in [7, 11) is -0.633. The first kappa shape index (κ1) is 22.5. The van der Waals surface area contributed by atoms with Gasteiger partial charge < -0.3 is 14.5 Å². The summed E-state index contributed by atoms with van der Waals surface area (Å²) in [5, 5.41) is 3.49. The van der Waals surface area contributed by atoms with Crippen LogP contribution in [0, 0.1) is 0 Å². The van der Waals surface area contributed by atoms with E-state index in [0.29, 0.717) is 17.0 Å². The Labute approximate surface area is 180 Å². The summed E-state index contributed by atoms with van der Waals surface area (Å²) in [5.41, 5.74) is 1.34. The number of nitrogens with one attached hydrogen (secondary N) is 1. The lowest BCUT2D eigenvalue weighted by atomic mass is 10.1. The van der Waals surface area contributed by atoms with Crippen LogP contribution in [0.1, 0.15) is 18.9 Å². The van der Waals surface area contributed by atoms with Gasteiger partial charge in [0.05, 0.1) is 4.90 Å². The van der Waals surface area contributed by atoms with Gasteiger partial charge in [-0.25, -0.2) is 17.5 Å². The van der Waals surface area contributed by atoms with Gasteiger partial charge >= 0.3 is 5.63 Å². The summed E-state index contributed by atoms with van der Waals surface area (Å²) >= 11 is 0. The highest BCUT2D eigenvalue weighted by molar-refractivity contribution is 7.89. The van der Waals surface area contributed by atoms with Gasteiger partial charge in [-0.15, -0.1) is 0 Å². The number of benzene rings is 2. The summed E-state index contributed by atoms with van der Waals surface area (Å²) in [4.78, 5) is 24.1. The molecule has 0 radical (unpaired) electrons. The van der Waals surface area contributed by atoms with Crippen molar-refractivity contribution >= 4 is 32.6 Å². The van der Waals surface area contributed by atoms with E-state index in [1.165, 1.54) is 44.4 Å². The van der Waals surface area contributed by atoms with Crippen LogP contribution in [-0.2, 0) is 21.2 Å². The second-order valence-electron chi connectivity index (χ2n) is 7.15. The number of carbonyl (C=O) groups is 1. The molecule has 9 heteroatoms. The molecule has 3 aromatic rings. The molecule has 0 spiro atoms. The first-order valence-corrected chi connectivity index (χ1v) is 11.2. The zero-order chi connectivity index (χ0) is 22.6. The molecular weight excluding hydrogens is 420 g/mol. The van der Waals surface area contributed by atoms with Crippen LogP contribution in [0.3, 0.4) is 0 Å². The van der Waals surface area contributed by atoms with Gasteiger partial charge in [0.2, 0.25) is 10.0 Å². The van der Waals surface area contributed by atoms with Crippen molar-refractivity contribution in [2.24, 2.45) is 0 Å². The maximum atomic E-state index is 12.2. The number of aryl methyl sites for hydroxylation is 1. The van der Waals surface area contributed by atoms with Gasteiger partial charge in [-0.3, -0.25) is 4.79 Å². The van der Waals surface area contributed by atoms with E-state index >= 15 is 0 Å². The van der Waals surface area contributed by atoms with E-state index in [4.69, 9.17) is 9.15 Å². The molecule has 0 fully saturated rings.